The van der Waals surface area contributed by atoms with Gasteiger partial charge < -0.3 is 10.0 Å². The molecule has 0 fully saturated rings. The van der Waals surface area contributed by atoms with Crippen LogP contribution in [0.1, 0.15) is 17.0 Å². The number of fused-ring (bicyclic) bond motifs is 1. The first-order chi connectivity index (χ1) is 15.8. The van der Waals surface area contributed by atoms with Gasteiger partial charge in [-0.2, -0.15) is 0 Å². The van der Waals surface area contributed by atoms with E-state index in [2.05, 4.69) is 9.97 Å². The molecular weight excluding hydrogens is 438 g/mol. The third kappa shape index (κ3) is 4.64. The second-order valence-electron chi connectivity index (χ2n) is 7.89. The number of nitrogens with zero attached hydrogens (tertiary/aromatic N) is 5. The van der Waals surface area contributed by atoms with Gasteiger partial charge in [0.25, 0.3) is 0 Å². The lowest BCUT2D eigenvalue weighted by Crippen LogP contribution is -2.25. The number of hydrogen-bond donors (Lipinski definition) is 1. The molecule has 3 heterocycles. The van der Waals surface area contributed by atoms with E-state index in [1.807, 2.05) is 48.2 Å². The third-order valence-electron chi connectivity index (χ3n) is 5.30. The molecule has 0 atom stereocenters. The molecule has 4 rings (SSSR count). The summed E-state index contributed by atoms with van der Waals surface area (Å²) in [6.45, 7) is 2.81. The van der Waals surface area contributed by atoms with E-state index in [9.17, 15) is 13.5 Å². The Morgan fingerprint density at radius 3 is 2.03 bits per heavy atom. The number of rotatable bonds is 7. The minimum absolute atomic E-state index is 0.0837. The first-order valence-electron chi connectivity index (χ1n) is 10.4. The van der Waals surface area contributed by atoms with Crippen molar-refractivity contribution in [1.82, 2.24) is 19.3 Å². The Morgan fingerprint density at radius 2 is 1.52 bits per heavy atom. The fourth-order valence-corrected chi connectivity index (χ4v) is 4.70. The van der Waals surface area contributed by atoms with Gasteiger partial charge in [-0.3, -0.25) is 9.97 Å². The van der Waals surface area contributed by atoms with Crippen molar-refractivity contribution in [2.24, 2.45) is 0 Å². The molecule has 0 radical (unpaired) electrons. The summed E-state index contributed by atoms with van der Waals surface area (Å²) in [4.78, 5) is 15.7. The fourth-order valence-electron chi connectivity index (χ4n) is 3.63. The highest BCUT2D eigenvalue weighted by atomic mass is 32.2. The summed E-state index contributed by atoms with van der Waals surface area (Å²) in [5.41, 5.74) is 2.70. The topological polar surface area (TPSA) is 99.5 Å². The molecule has 0 saturated heterocycles. The highest BCUT2D eigenvalue weighted by molar-refractivity contribution is 7.89. The third-order valence-corrected chi connectivity index (χ3v) is 7.18. The van der Waals surface area contributed by atoms with Crippen LogP contribution in [0.15, 0.2) is 71.9 Å². The second kappa shape index (κ2) is 9.13. The zero-order valence-corrected chi connectivity index (χ0v) is 19.5. The van der Waals surface area contributed by atoms with Gasteiger partial charge in [0, 0.05) is 31.9 Å². The van der Waals surface area contributed by atoms with Gasteiger partial charge in [-0.1, -0.05) is 12.1 Å². The number of phenolic OH excluding ortho intramolecular Hbond substituents is 1. The van der Waals surface area contributed by atoms with Crippen molar-refractivity contribution in [2.75, 3.05) is 19.0 Å². The number of pyridine rings is 3. The molecule has 0 saturated carbocycles. The van der Waals surface area contributed by atoms with Gasteiger partial charge in [0.05, 0.1) is 29.4 Å². The number of anilines is 1. The van der Waals surface area contributed by atoms with Gasteiger partial charge >= 0.3 is 0 Å². The van der Waals surface area contributed by atoms with Crippen molar-refractivity contribution in [2.45, 2.75) is 24.9 Å². The molecule has 4 aromatic rings. The first kappa shape index (κ1) is 22.6. The van der Waals surface area contributed by atoms with Gasteiger partial charge in [-0.25, -0.2) is 17.7 Å². The lowest BCUT2D eigenvalue weighted by molar-refractivity contribution is 0.479. The Kier molecular flexibility index (Phi) is 6.26. The lowest BCUT2D eigenvalue weighted by Gasteiger charge is -2.25. The van der Waals surface area contributed by atoms with Gasteiger partial charge in [-0.15, -0.1) is 0 Å². The molecule has 0 spiro atoms. The summed E-state index contributed by atoms with van der Waals surface area (Å²) in [7, 11) is -0.766. The molecule has 170 valence electrons. The van der Waals surface area contributed by atoms with Crippen LogP contribution >= 0.6 is 0 Å². The Bertz CT molecular complexity index is 1340. The summed E-state index contributed by atoms with van der Waals surface area (Å²) in [6.07, 6.45) is 3.47. The maximum absolute atomic E-state index is 12.9. The van der Waals surface area contributed by atoms with E-state index < -0.39 is 10.0 Å². The molecule has 1 N–H and O–H groups in total. The largest absolute Gasteiger partial charge is 0.506 e. The van der Waals surface area contributed by atoms with E-state index in [0.29, 0.717) is 24.3 Å². The van der Waals surface area contributed by atoms with Crippen LogP contribution in [-0.4, -0.2) is 46.9 Å². The van der Waals surface area contributed by atoms with Crippen LogP contribution in [0.3, 0.4) is 0 Å². The molecule has 0 unspecified atom stereocenters. The second-order valence-corrected chi connectivity index (χ2v) is 10.0. The highest BCUT2D eigenvalue weighted by Gasteiger charge is 2.24. The van der Waals surface area contributed by atoms with Crippen molar-refractivity contribution in [1.29, 1.82) is 0 Å². The molecule has 0 amide bonds. The maximum atomic E-state index is 12.9. The van der Waals surface area contributed by atoms with Crippen LogP contribution in [0, 0.1) is 6.92 Å². The molecule has 3 aromatic heterocycles. The number of phenols is 1. The average Bonchev–Trinajstić information content (AvgIpc) is 2.80. The average molecular weight is 464 g/mol. The van der Waals surface area contributed by atoms with Crippen LogP contribution in [0.4, 0.5) is 5.82 Å². The van der Waals surface area contributed by atoms with Gasteiger partial charge in [0.15, 0.2) is 0 Å². The minimum atomic E-state index is -3.72. The molecule has 0 bridgehead atoms. The molecule has 1 aromatic carbocycles. The smallest absolute Gasteiger partial charge is 0.243 e. The van der Waals surface area contributed by atoms with Crippen molar-refractivity contribution in [3.63, 3.8) is 0 Å². The fraction of sp³-hybridized carbons (Fsp3) is 0.208. The summed E-state index contributed by atoms with van der Waals surface area (Å²) < 4.78 is 26.9. The molecule has 33 heavy (non-hydrogen) atoms. The van der Waals surface area contributed by atoms with Crippen molar-refractivity contribution < 1.29 is 13.5 Å². The van der Waals surface area contributed by atoms with E-state index in [4.69, 9.17) is 4.98 Å². The molecule has 0 aliphatic rings. The van der Waals surface area contributed by atoms with Crippen molar-refractivity contribution in [3.8, 4) is 5.75 Å². The van der Waals surface area contributed by atoms with Crippen LogP contribution in [0.25, 0.3) is 10.9 Å². The lowest BCUT2D eigenvalue weighted by atomic mass is 10.1. The quantitative estimate of drug-likeness (QED) is 0.448. The van der Waals surface area contributed by atoms with Crippen molar-refractivity contribution >= 4 is 26.7 Å². The molecule has 0 aliphatic carbocycles. The van der Waals surface area contributed by atoms with E-state index >= 15 is 0 Å². The van der Waals surface area contributed by atoms with E-state index in [0.717, 1.165) is 21.3 Å². The summed E-state index contributed by atoms with van der Waals surface area (Å²) >= 11 is 0. The van der Waals surface area contributed by atoms with Crippen LogP contribution in [-0.2, 0) is 23.1 Å². The molecule has 0 aliphatic heterocycles. The van der Waals surface area contributed by atoms with Crippen LogP contribution < -0.4 is 4.90 Å². The summed E-state index contributed by atoms with van der Waals surface area (Å²) in [5.74, 6) is 0.535. The molecule has 9 heteroatoms. The van der Waals surface area contributed by atoms with Crippen LogP contribution in [0.5, 0.6) is 5.75 Å². The van der Waals surface area contributed by atoms with E-state index in [-0.39, 0.29) is 16.2 Å². The SMILES string of the molecule is Cc1cc2c(S(=O)(=O)N(C)C)ccc(O)c2nc1N(Cc1ccccn1)Cc1ccccn1. The zero-order chi connectivity index (χ0) is 23.6. The molecular formula is C24H25N5O3S. The summed E-state index contributed by atoms with van der Waals surface area (Å²) in [6, 6.07) is 16.0. The zero-order valence-electron chi connectivity index (χ0n) is 18.7. The maximum Gasteiger partial charge on any atom is 0.243 e. The summed E-state index contributed by atoms with van der Waals surface area (Å²) in [5, 5.41) is 10.9. The predicted octanol–water partition coefficient (Wildman–Crippen LogP) is 3.50. The molecule has 8 nitrogen and oxygen atoms in total. The number of sulfonamides is 1. The number of hydrogen-bond acceptors (Lipinski definition) is 7. The number of aromatic nitrogens is 3. The van der Waals surface area contributed by atoms with Gasteiger partial charge in [0.2, 0.25) is 10.0 Å². The minimum Gasteiger partial charge on any atom is -0.506 e. The predicted molar refractivity (Wildman–Crippen MR) is 127 cm³/mol. The van der Waals surface area contributed by atoms with Gasteiger partial charge in [-0.05, 0) is 55.0 Å². The van der Waals surface area contributed by atoms with Crippen LogP contribution in [0.2, 0.25) is 0 Å². The van der Waals surface area contributed by atoms with Crippen molar-refractivity contribution in [3.05, 3.63) is 83.9 Å². The highest BCUT2D eigenvalue weighted by Crippen LogP contribution is 2.34. The normalized spacial score (nSPS) is 11.8. The Labute approximate surface area is 193 Å². The number of aromatic hydroxyl groups is 1. The Hall–Kier alpha value is -3.56. The number of benzene rings is 1. The van der Waals surface area contributed by atoms with Gasteiger partial charge in [0.1, 0.15) is 17.1 Å². The first-order valence-corrected chi connectivity index (χ1v) is 11.8. The van der Waals surface area contributed by atoms with E-state index in [1.54, 1.807) is 18.5 Å². The van der Waals surface area contributed by atoms with E-state index in [1.165, 1.54) is 26.2 Å². The number of aryl methyl sites for hydroxylation is 1. The Balaban J connectivity index is 1.87. The monoisotopic (exact) mass is 463 g/mol. The Morgan fingerprint density at radius 1 is 0.909 bits per heavy atom. The standard InChI is InChI=1S/C24H25N5O3S/c1-17-14-20-22(33(31,32)28(2)3)11-10-21(30)23(20)27-24(17)29(15-18-8-4-6-12-25-18)16-19-9-5-7-13-26-19/h4-14,30H,15-16H2,1-3H3.